The van der Waals surface area contributed by atoms with E-state index in [1.165, 1.54) is 16.5 Å². The SMILES string of the molecule is CCc1ccccc1N1C(=O)CC(N2CCN(c3nc4c(c(=O)n(C)c(=O)n4C)n3Cc3cccc(C)c3)CC2)C1=O. The number of rotatable bonds is 6. The molecular formula is C31H35N7O4. The Labute approximate surface area is 243 Å². The molecule has 2 aliphatic heterocycles. The summed E-state index contributed by atoms with van der Waals surface area (Å²) in [4.78, 5) is 63.0. The van der Waals surface area contributed by atoms with Crippen molar-refractivity contribution in [3.63, 3.8) is 0 Å². The van der Waals surface area contributed by atoms with E-state index in [2.05, 4.69) is 15.9 Å². The van der Waals surface area contributed by atoms with Crippen molar-refractivity contribution < 1.29 is 9.59 Å². The van der Waals surface area contributed by atoms with Crippen LogP contribution >= 0.6 is 0 Å². The number of amides is 2. The van der Waals surface area contributed by atoms with Gasteiger partial charge >= 0.3 is 5.69 Å². The van der Waals surface area contributed by atoms with Gasteiger partial charge in [-0.1, -0.05) is 55.0 Å². The molecule has 4 aromatic rings. The summed E-state index contributed by atoms with van der Waals surface area (Å²) in [6.07, 6.45) is 0.885. The molecule has 0 bridgehead atoms. The predicted octanol–water partition coefficient (Wildman–Crippen LogP) is 1.81. The van der Waals surface area contributed by atoms with Gasteiger partial charge in [0.2, 0.25) is 11.9 Å². The Morgan fingerprint density at radius 3 is 2.36 bits per heavy atom. The molecule has 218 valence electrons. The van der Waals surface area contributed by atoms with Crippen molar-refractivity contribution in [1.82, 2.24) is 23.6 Å². The highest BCUT2D eigenvalue weighted by Gasteiger charge is 2.44. The van der Waals surface area contributed by atoms with Crippen LogP contribution in [0, 0.1) is 6.92 Å². The summed E-state index contributed by atoms with van der Waals surface area (Å²) >= 11 is 0. The lowest BCUT2D eigenvalue weighted by molar-refractivity contribution is -0.123. The Balaban J connectivity index is 1.29. The van der Waals surface area contributed by atoms with Crippen molar-refractivity contribution in [3.8, 4) is 0 Å². The smallest absolute Gasteiger partial charge is 0.332 e. The number of piperazine rings is 1. The van der Waals surface area contributed by atoms with Gasteiger partial charge in [-0.05, 0) is 30.5 Å². The first-order valence-corrected chi connectivity index (χ1v) is 14.3. The summed E-state index contributed by atoms with van der Waals surface area (Å²) < 4.78 is 4.42. The first kappa shape index (κ1) is 27.6. The summed E-state index contributed by atoms with van der Waals surface area (Å²) in [6.45, 7) is 6.66. The zero-order valence-electron chi connectivity index (χ0n) is 24.4. The number of imide groups is 1. The lowest BCUT2D eigenvalue weighted by Gasteiger charge is -2.37. The Morgan fingerprint density at radius 2 is 1.64 bits per heavy atom. The molecule has 4 heterocycles. The molecule has 42 heavy (non-hydrogen) atoms. The maximum absolute atomic E-state index is 13.5. The fraction of sp³-hybridized carbons (Fsp3) is 0.387. The van der Waals surface area contributed by atoms with Crippen molar-refractivity contribution >= 4 is 34.6 Å². The van der Waals surface area contributed by atoms with Crippen LogP contribution in [-0.4, -0.2) is 67.6 Å². The van der Waals surface area contributed by atoms with Gasteiger partial charge < -0.3 is 4.90 Å². The monoisotopic (exact) mass is 569 g/mol. The molecule has 2 fully saturated rings. The molecule has 0 aliphatic carbocycles. The second kappa shape index (κ2) is 10.7. The first-order chi connectivity index (χ1) is 20.2. The van der Waals surface area contributed by atoms with Gasteiger partial charge in [-0.3, -0.25) is 33.0 Å². The maximum Gasteiger partial charge on any atom is 0.332 e. The molecule has 0 radical (unpaired) electrons. The van der Waals surface area contributed by atoms with Crippen molar-refractivity contribution in [2.45, 2.75) is 39.3 Å². The molecule has 2 amide bonds. The fourth-order valence-corrected chi connectivity index (χ4v) is 6.24. The summed E-state index contributed by atoms with van der Waals surface area (Å²) in [5.41, 5.74) is 3.68. The number of para-hydroxylation sites is 1. The Morgan fingerprint density at radius 1 is 0.905 bits per heavy atom. The van der Waals surface area contributed by atoms with Crippen molar-refractivity contribution in [2.24, 2.45) is 14.1 Å². The zero-order valence-corrected chi connectivity index (χ0v) is 24.4. The third-order valence-electron chi connectivity index (χ3n) is 8.53. The van der Waals surface area contributed by atoms with E-state index in [1.807, 2.05) is 60.9 Å². The van der Waals surface area contributed by atoms with Crippen molar-refractivity contribution in [1.29, 1.82) is 0 Å². The summed E-state index contributed by atoms with van der Waals surface area (Å²) in [5, 5.41) is 0. The van der Waals surface area contributed by atoms with Crippen LogP contribution in [0.1, 0.15) is 30.0 Å². The topological polar surface area (TPSA) is 106 Å². The van der Waals surface area contributed by atoms with Crippen LogP contribution in [-0.2, 0) is 36.6 Å². The van der Waals surface area contributed by atoms with E-state index in [1.54, 1.807) is 7.05 Å². The molecule has 2 aromatic carbocycles. The van der Waals surface area contributed by atoms with E-state index in [9.17, 15) is 19.2 Å². The van der Waals surface area contributed by atoms with E-state index in [0.29, 0.717) is 55.5 Å². The highest BCUT2D eigenvalue weighted by molar-refractivity contribution is 6.22. The summed E-state index contributed by atoms with van der Waals surface area (Å²) in [6, 6.07) is 15.1. The number of carbonyl (C=O) groups is 2. The molecule has 0 N–H and O–H groups in total. The minimum atomic E-state index is -0.510. The Kier molecular flexibility index (Phi) is 7.05. The molecule has 6 rings (SSSR count). The minimum absolute atomic E-state index is 0.154. The van der Waals surface area contributed by atoms with E-state index in [4.69, 9.17) is 4.98 Å². The second-order valence-corrected chi connectivity index (χ2v) is 11.2. The fourth-order valence-electron chi connectivity index (χ4n) is 6.24. The highest BCUT2D eigenvalue weighted by atomic mass is 16.2. The minimum Gasteiger partial charge on any atom is -0.340 e. The molecule has 2 aromatic heterocycles. The third-order valence-corrected chi connectivity index (χ3v) is 8.53. The summed E-state index contributed by atoms with van der Waals surface area (Å²) in [7, 11) is 3.11. The molecule has 11 nitrogen and oxygen atoms in total. The van der Waals surface area contributed by atoms with E-state index < -0.39 is 11.7 Å². The zero-order chi connectivity index (χ0) is 29.7. The Bertz CT molecular complexity index is 1830. The molecule has 1 unspecified atom stereocenters. The lowest BCUT2D eigenvalue weighted by atomic mass is 10.1. The van der Waals surface area contributed by atoms with Crippen molar-refractivity contribution in [3.05, 3.63) is 86.1 Å². The van der Waals surface area contributed by atoms with Gasteiger partial charge in [-0.15, -0.1) is 0 Å². The number of nitrogens with zero attached hydrogens (tertiary/aromatic N) is 7. The lowest BCUT2D eigenvalue weighted by Crippen LogP contribution is -2.53. The number of imidazole rings is 1. The number of aromatic nitrogens is 4. The van der Waals surface area contributed by atoms with Crippen LogP contribution in [0.3, 0.4) is 0 Å². The van der Waals surface area contributed by atoms with Gasteiger partial charge in [-0.2, -0.15) is 4.98 Å². The number of benzene rings is 2. The predicted molar refractivity (Wildman–Crippen MR) is 161 cm³/mol. The number of hydrogen-bond acceptors (Lipinski definition) is 7. The number of anilines is 2. The van der Waals surface area contributed by atoms with Crippen LogP contribution < -0.4 is 21.0 Å². The molecule has 0 saturated carbocycles. The van der Waals surface area contributed by atoms with Gasteiger partial charge in [0.25, 0.3) is 11.5 Å². The molecule has 2 saturated heterocycles. The van der Waals surface area contributed by atoms with Crippen LogP contribution in [0.5, 0.6) is 0 Å². The molecule has 0 spiro atoms. The van der Waals surface area contributed by atoms with Crippen LogP contribution in [0.25, 0.3) is 11.2 Å². The number of fused-ring (bicyclic) bond motifs is 1. The van der Waals surface area contributed by atoms with Crippen LogP contribution in [0.15, 0.2) is 58.1 Å². The summed E-state index contributed by atoms with van der Waals surface area (Å²) in [5.74, 6) is 0.251. The van der Waals surface area contributed by atoms with Crippen LogP contribution in [0.4, 0.5) is 11.6 Å². The average Bonchev–Trinajstić information content (AvgIpc) is 3.51. The average molecular weight is 570 g/mol. The standard InChI is InChI=1S/C31H35N7O4/c1-5-22-11-6-7-12-23(22)38-25(39)18-24(28(38)40)35-13-15-36(16-14-35)30-32-27-26(29(41)34(4)31(42)33(27)3)37(30)19-21-10-8-9-20(2)17-21/h6-12,17,24H,5,13-16,18-19H2,1-4H3. The van der Waals surface area contributed by atoms with Gasteiger partial charge in [0.05, 0.1) is 24.7 Å². The van der Waals surface area contributed by atoms with E-state index in [0.717, 1.165) is 27.7 Å². The molecular weight excluding hydrogens is 534 g/mol. The third kappa shape index (κ3) is 4.53. The quantitative estimate of drug-likeness (QED) is 0.326. The number of aryl methyl sites for hydroxylation is 3. The van der Waals surface area contributed by atoms with Gasteiger partial charge in [-0.25, -0.2) is 9.69 Å². The van der Waals surface area contributed by atoms with Gasteiger partial charge in [0.15, 0.2) is 11.2 Å². The number of carbonyl (C=O) groups excluding carboxylic acids is 2. The molecule has 11 heteroatoms. The second-order valence-electron chi connectivity index (χ2n) is 11.2. The maximum atomic E-state index is 13.5. The largest absolute Gasteiger partial charge is 0.340 e. The van der Waals surface area contributed by atoms with Gasteiger partial charge in [0.1, 0.15) is 0 Å². The Hall–Kier alpha value is -4.51. The highest BCUT2D eigenvalue weighted by Crippen LogP contribution is 2.30. The molecule has 2 aliphatic rings. The number of hydrogen-bond donors (Lipinski definition) is 0. The first-order valence-electron chi connectivity index (χ1n) is 14.3. The van der Waals surface area contributed by atoms with Crippen LogP contribution in [0.2, 0.25) is 0 Å². The van der Waals surface area contributed by atoms with Crippen molar-refractivity contribution in [2.75, 3.05) is 36.0 Å². The van der Waals surface area contributed by atoms with Gasteiger partial charge in [0, 0.05) is 40.3 Å². The normalized spacial score (nSPS) is 18.0. The molecule has 1 atom stereocenters. The van der Waals surface area contributed by atoms with E-state index >= 15 is 0 Å². The van der Waals surface area contributed by atoms with E-state index in [-0.39, 0.29) is 23.8 Å².